The Morgan fingerprint density at radius 1 is 1.04 bits per heavy atom. The van der Waals surface area contributed by atoms with Crippen LogP contribution in [0.1, 0.15) is 22.3 Å². The van der Waals surface area contributed by atoms with E-state index in [0.717, 1.165) is 0 Å². The lowest BCUT2D eigenvalue weighted by Crippen LogP contribution is -2.14. The highest BCUT2D eigenvalue weighted by Crippen LogP contribution is 2.45. The normalized spacial score (nSPS) is 10.5. The van der Waals surface area contributed by atoms with E-state index in [4.69, 9.17) is 14.2 Å². The molecule has 0 aliphatic carbocycles. The van der Waals surface area contributed by atoms with E-state index >= 15 is 0 Å². The molecule has 1 amide bonds. The summed E-state index contributed by atoms with van der Waals surface area (Å²) in [6.45, 7) is 0. The van der Waals surface area contributed by atoms with Crippen LogP contribution in [0.3, 0.4) is 0 Å². The molecule has 1 N–H and O–H groups in total. The topological polar surface area (TPSA) is 56.8 Å². The van der Waals surface area contributed by atoms with E-state index in [0.29, 0.717) is 10.2 Å². The Bertz CT molecular complexity index is 783. The third kappa shape index (κ3) is 4.01. The number of methoxy groups -OCH3 is 3. The van der Waals surface area contributed by atoms with Gasteiger partial charge in [-0.15, -0.1) is 0 Å². The van der Waals surface area contributed by atoms with Gasteiger partial charge >= 0.3 is 0 Å². The second-order valence-corrected chi connectivity index (χ2v) is 5.74. The number of anilines is 1. The average Bonchev–Trinajstić information content (AvgIpc) is 2.60. The van der Waals surface area contributed by atoms with Crippen LogP contribution in [-0.4, -0.2) is 27.2 Å². The van der Waals surface area contributed by atoms with Crippen LogP contribution in [0.4, 0.5) is 14.5 Å². The Hall–Kier alpha value is -2.35. The Balaban J connectivity index is 2.42. The van der Waals surface area contributed by atoms with E-state index in [1.165, 1.54) is 51.7 Å². The maximum Gasteiger partial charge on any atom is 0.263 e. The lowest BCUT2D eigenvalue weighted by atomic mass is 10.1. The van der Waals surface area contributed by atoms with Gasteiger partial charge in [0.15, 0.2) is 11.5 Å². The van der Waals surface area contributed by atoms with Crippen molar-refractivity contribution in [2.45, 2.75) is 6.43 Å². The molecule has 8 heteroatoms. The molecule has 0 bridgehead atoms. The first-order chi connectivity index (χ1) is 11.9. The molecule has 0 fully saturated rings. The molecule has 5 nitrogen and oxygen atoms in total. The van der Waals surface area contributed by atoms with Crippen LogP contribution in [0.25, 0.3) is 0 Å². The highest BCUT2D eigenvalue weighted by molar-refractivity contribution is 9.10. The summed E-state index contributed by atoms with van der Waals surface area (Å²) < 4.78 is 41.9. The smallest absolute Gasteiger partial charge is 0.263 e. The van der Waals surface area contributed by atoms with Crippen LogP contribution in [-0.2, 0) is 0 Å². The highest BCUT2D eigenvalue weighted by atomic mass is 79.9. The maximum absolute atomic E-state index is 12.8. The molecular weight excluding hydrogens is 400 g/mol. The largest absolute Gasteiger partial charge is 0.492 e. The molecule has 0 aliphatic heterocycles. The molecule has 0 unspecified atom stereocenters. The highest BCUT2D eigenvalue weighted by Gasteiger charge is 2.24. The van der Waals surface area contributed by atoms with E-state index in [-0.39, 0.29) is 28.3 Å². The van der Waals surface area contributed by atoms with E-state index in [1.807, 2.05) is 0 Å². The monoisotopic (exact) mass is 415 g/mol. The van der Waals surface area contributed by atoms with E-state index < -0.39 is 12.3 Å². The molecular formula is C17H16BrF2NO4. The number of carbonyl (C=O) groups excluding carboxylic acids is 1. The lowest BCUT2D eigenvalue weighted by molar-refractivity contribution is 0.102. The van der Waals surface area contributed by atoms with Gasteiger partial charge in [0.2, 0.25) is 5.75 Å². The molecule has 2 aromatic carbocycles. The number of carbonyl (C=O) groups is 1. The fraction of sp³-hybridized carbons (Fsp3) is 0.235. The summed E-state index contributed by atoms with van der Waals surface area (Å²) >= 11 is 3.31. The van der Waals surface area contributed by atoms with Crippen molar-refractivity contribution in [2.24, 2.45) is 0 Å². The quantitative estimate of drug-likeness (QED) is 0.744. The van der Waals surface area contributed by atoms with Gasteiger partial charge in [0.05, 0.1) is 31.4 Å². The number of halogens is 3. The van der Waals surface area contributed by atoms with Crippen LogP contribution in [0.5, 0.6) is 17.2 Å². The third-order valence-corrected chi connectivity index (χ3v) is 3.99. The van der Waals surface area contributed by atoms with Crippen LogP contribution in [0, 0.1) is 0 Å². The molecule has 0 spiro atoms. The molecule has 2 aromatic rings. The summed E-state index contributed by atoms with van der Waals surface area (Å²) in [5, 5.41) is 2.57. The van der Waals surface area contributed by atoms with Gasteiger partial charge in [0, 0.05) is 11.3 Å². The first kappa shape index (κ1) is 19.0. The molecule has 0 atom stereocenters. The van der Waals surface area contributed by atoms with Gasteiger partial charge < -0.3 is 19.5 Å². The van der Waals surface area contributed by atoms with Crippen LogP contribution in [0.15, 0.2) is 34.8 Å². The summed E-state index contributed by atoms with van der Waals surface area (Å²) in [6.07, 6.45) is -2.62. The SMILES string of the molecule is COc1c(Br)cc(C(=O)Nc2cccc(C(F)F)c2)c(OC)c1OC. The van der Waals surface area contributed by atoms with Gasteiger partial charge in [0.25, 0.3) is 12.3 Å². The Kier molecular flexibility index (Phi) is 6.19. The van der Waals surface area contributed by atoms with Gasteiger partial charge in [-0.25, -0.2) is 8.78 Å². The molecule has 0 aromatic heterocycles. The van der Waals surface area contributed by atoms with Crippen molar-refractivity contribution in [1.29, 1.82) is 0 Å². The summed E-state index contributed by atoms with van der Waals surface area (Å²) in [5.41, 5.74) is 0.225. The molecule has 0 aliphatic rings. The van der Waals surface area contributed by atoms with Crippen molar-refractivity contribution in [3.63, 3.8) is 0 Å². The number of nitrogens with one attached hydrogen (secondary N) is 1. The first-order valence-electron chi connectivity index (χ1n) is 7.10. The number of hydrogen-bond donors (Lipinski definition) is 1. The number of amides is 1. The van der Waals surface area contributed by atoms with E-state index in [9.17, 15) is 13.6 Å². The minimum absolute atomic E-state index is 0.162. The number of hydrogen-bond acceptors (Lipinski definition) is 4. The lowest BCUT2D eigenvalue weighted by Gasteiger charge is -2.17. The van der Waals surface area contributed by atoms with Crippen molar-refractivity contribution in [1.82, 2.24) is 0 Å². The zero-order valence-corrected chi connectivity index (χ0v) is 15.3. The molecule has 0 saturated heterocycles. The van der Waals surface area contributed by atoms with Gasteiger partial charge in [-0.2, -0.15) is 0 Å². The van der Waals surface area contributed by atoms with Crippen molar-refractivity contribution in [3.8, 4) is 17.2 Å². The predicted octanol–water partition coefficient (Wildman–Crippen LogP) is 4.66. The standard InChI is InChI=1S/C17H16BrF2NO4/c1-23-13-11(8-12(18)14(24-2)15(13)25-3)17(22)21-10-6-4-5-9(7-10)16(19)20/h4-8,16H,1-3H3,(H,21,22). The van der Waals surface area contributed by atoms with Crippen molar-refractivity contribution in [2.75, 3.05) is 26.6 Å². The fourth-order valence-corrected chi connectivity index (χ4v) is 2.86. The maximum atomic E-state index is 12.8. The summed E-state index contributed by atoms with van der Waals surface area (Å²) in [5.74, 6) is 0.247. The number of rotatable bonds is 6. The molecule has 25 heavy (non-hydrogen) atoms. The van der Waals surface area contributed by atoms with E-state index in [1.54, 1.807) is 0 Å². The molecule has 134 valence electrons. The summed E-state index contributed by atoms with van der Waals surface area (Å²) in [7, 11) is 4.26. The Morgan fingerprint density at radius 2 is 1.68 bits per heavy atom. The average molecular weight is 416 g/mol. The Labute approximate surface area is 152 Å². The van der Waals surface area contributed by atoms with Crippen LogP contribution >= 0.6 is 15.9 Å². The summed E-state index contributed by atoms with van der Waals surface area (Å²) in [6, 6.07) is 6.97. The number of benzene rings is 2. The number of alkyl halides is 2. The minimum atomic E-state index is -2.62. The molecule has 0 radical (unpaired) electrons. The zero-order chi connectivity index (χ0) is 18.6. The number of ether oxygens (including phenoxy) is 3. The van der Waals surface area contributed by atoms with Gasteiger partial charge in [-0.05, 0) is 34.1 Å². The minimum Gasteiger partial charge on any atom is -0.492 e. The Morgan fingerprint density at radius 3 is 2.24 bits per heavy atom. The second-order valence-electron chi connectivity index (χ2n) is 4.89. The van der Waals surface area contributed by atoms with Crippen molar-refractivity contribution in [3.05, 3.63) is 45.9 Å². The summed E-state index contributed by atoms with van der Waals surface area (Å²) in [4.78, 5) is 12.6. The van der Waals surface area contributed by atoms with Crippen molar-refractivity contribution >= 4 is 27.5 Å². The van der Waals surface area contributed by atoms with Gasteiger partial charge in [-0.1, -0.05) is 12.1 Å². The van der Waals surface area contributed by atoms with Crippen LogP contribution < -0.4 is 19.5 Å². The van der Waals surface area contributed by atoms with Gasteiger partial charge in [-0.3, -0.25) is 4.79 Å². The van der Waals surface area contributed by atoms with Crippen molar-refractivity contribution < 1.29 is 27.8 Å². The third-order valence-electron chi connectivity index (χ3n) is 3.40. The van der Waals surface area contributed by atoms with Gasteiger partial charge in [0.1, 0.15) is 0 Å². The molecule has 0 heterocycles. The molecule has 0 saturated carbocycles. The van der Waals surface area contributed by atoms with Crippen LogP contribution in [0.2, 0.25) is 0 Å². The molecule has 2 rings (SSSR count). The fourth-order valence-electron chi connectivity index (χ4n) is 2.29. The predicted molar refractivity (Wildman–Crippen MR) is 93.2 cm³/mol. The first-order valence-corrected chi connectivity index (χ1v) is 7.90. The van der Waals surface area contributed by atoms with E-state index in [2.05, 4.69) is 21.2 Å². The zero-order valence-electron chi connectivity index (χ0n) is 13.7. The second kappa shape index (κ2) is 8.15.